The molecule has 0 saturated carbocycles. The van der Waals surface area contributed by atoms with Gasteiger partial charge in [0.25, 0.3) is 0 Å². The predicted molar refractivity (Wildman–Crippen MR) is 92.5 cm³/mol. The minimum absolute atomic E-state index is 0.0669. The molecule has 3 rings (SSSR count). The number of carboxylic acid groups (broad SMARTS) is 1. The van der Waals surface area contributed by atoms with E-state index < -0.39 is 11.6 Å². The summed E-state index contributed by atoms with van der Waals surface area (Å²) in [4.78, 5) is 16.7. The number of hydrogen-bond donors (Lipinski definition) is 2. The van der Waals surface area contributed by atoms with Crippen LogP contribution in [0, 0.1) is 5.82 Å². The number of nitrogens with one attached hydrogen (secondary N) is 1. The molecule has 0 amide bonds. The van der Waals surface area contributed by atoms with Gasteiger partial charge in [0.05, 0.1) is 18.4 Å². The number of aromatic carboxylic acids is 1. The summed E-state index contributed by atoms with van der Waals surface area (Å²) in [6.07, 6.45) is 1.72. The van der Waals surface area contributed by atoms with E-state index >= 15 is 0 Å². The van der Waals surface area contributed by atoms with E-state index in [0.717, 1.165) is 0 Å². The number of hydrogen-bond acceptors (Lipinski definition) is 5. The number of carboxylic acids is 1. The maximum atomic E-state index is 13.9. The molecule has 0 fully saturated rings. The number of carbonyl (C=O) groups is 1. The molecule has 6 nitrogen and oxygen atoms in total. The maximum Gasteiger partial charge on any atom is 0.335 e. The second-order valence-electron chi connectivity index (χ2n) is 6.01. The zero-order chi connectivity index (χ0) is 18.7. The highest BCUT2D eigenvalue weighted by atomic mass is 19.1. The lowest BCUT2D eigenvalue weighted by Crippen LogP contribution is -2.33. The number of rotatable bonds is 6. The summed E-state index contributed by atoms with van der Waals surface area (Å²) >= 11 is 0. The summed E-state index contributed by atoms with van der Waals surface area (Å²) < 4.78 is 24.8. The Balaban J connectivity index is 1.79. The number of hydroxylamine groups is 1. The van der Waals surface area contributed by atoms with E-state index in [4.69, 9.17) is 19.4 Å². The second-order valence-corrected chi connectivity index (χ2v) is 6.01. The molecular formula is C19H18FNO5. The van der Waals surface area contributed by atoms with Crippen molar-refractivity contribution in [2.45, 2.75) is 12.5 Å². The van der Waals surface area contributed by atoms with Gasteiger partial charge in [-0.15, -0.1) is 0 Å². The van der Waals surface area contributed by atoms with Gasteiger partial charge in [-0.3, -0.25) is 10.3 Å². The second kappa shape index (κ2) is 7.05. The normalized spacial score (nSPS) is 18.8. The van der Waals surface area contributed by atoms with Crippen molar-refractivity contribution in [2.24, 2.45) is 0 Å². The van der Waals surface area contributed by atoms with E-state index in [0.29, 0.717) is 17.0 Å². The molecule has 2 aromatic carbocycles. The molecule has 7 heteroatoms. The number of halogens is 1. The Labute approximate surface area is 149 Å². The SMILES string of the molecule is COc1ccc(C(=O)O)cc1OCC1(C)C=C(c2ccccc2F)NO1. The predicted octanol–water partition coefficient (Wildman–Crippen LogP) is 3.25. The van der Waals surface area contributed by atoms with E-state index in [9.17, 15) is 9.18 Å². The molecule has 1 atom stereocenters. The van der Waals surface area contributed by atoms with Gasteiger partial charge in [-0.2, -0.15) is 0 Å². The van der Waals surface area contributed by atoms with Crippen molar-refractivity contribution in [3.05, 3.63) is 65.5 Å². The van der Waals surface area contributed by atoms with E-state index in [-0.39, 0.29) is 23.7 Å². The van der Waals surface area contributed by atoms with Crippen molar-refractivity contribution >= 4 is 11.7 Å². The average Bonchev–Trinajstić information content (AvgIpc) is 3.02. The first-order chi connectivity index (χ1) is 12.4. The number of methoxy groups -OCH3 is 1. The highest BCUT2D eigenvalue weighted by molar-refractivity contribution is 5.88. The van der Waals surface area contributed by atoms with Crippen molar-refractivity contribution in [1.29, 1.82) is 0 Å². The van der Waals surface area contributed by atoms with Crippen molar-refractivity contribution in [1.82, 2.24) is 5.48 Å². The molecule has 2 N–H and O–H groups in total. The molecule has 2 aromatic rings. The van der Waals surface area contributed by atoms with Crippen LogP contribution in [0.25, 0.3) is 5.70 Å². The smallest absolute Gasteiger partial charge is 0.335 e. The third-order valence-electron chi connectivity index (χ3n) is 3.93. The van der Waals surface area contributed by atoms with Crippen LogP contribution >= 0.6 is 0 Å². The maximum absolute atomic E-state index is 13.9. The summed E-state index contributed by atoms with van der Waals surface area (Å²) in [6, 6.07) is 10.7. The van der Waals surface area contributed by atoms with Crippen LogP contribution in [0.15, 0.2) is 48.5 Å². The topological polar surface area (TPSA) is 77.0 Å². The lowest BCUT2D eigenvalue weighted by Gasteiger charge is -2.21. The largest absolute Gasteiger partial charge is 0.493 e. The van der Waals surface area contributed by atoms with Crippen LogP contribution in [0.1, 0.15) is 22.8 Å². The van der Waals surface area contributed by atoms with E-state index in [1.165, 1.54) is 31.4 Å². The lowest BCUT2D eigenvalue weighted by atomic mass is 10.0. The highest BCUT2D eigenvalue weighted by Gasteiger charge is 2.32. The molecule has 0 saturated heterocycles. The third kappa shape index (κ3) is 3.62. The molecule has 0 aliphatic carbocycles. The van der Waals surface area contributed by atoms with Crippen LogP contribution in [0.2, 0.25) is 0 Å². The Morgan fingerprint density at radius 1 is 1.27 bits per heavy atom. The van der Waals surface area contributed by atoms with Gasteiger partial charge in [-0.25, -0.2) is 9.18 Å². The summed E-state index contributed by atoms with van der Waals surface area (Å²) in [6.45, 7) is 1.83. The van der Waals surface area contributed by atoms with Crippen molar-refractivity contribution in [3.63, 3.8) is 0 Å². The number of benzene rings is 2. The van der Waals surface area contributed by atoms with Crippen molar-refractivity contribution in [3.8, 4) is 11.5 Å². The monoisotopic (exact) mass is 359 g/mol. The first-order valence-electron chi connectivity index (χ1n) is 7.88. The molecule has 0 spiro atoms. The number of ether oxygens (including phenoxy) is 2. The van der Waals surface area contributed by atoms with E-state index in [1.807, 2.05) is 0 Å². The molecule has 0 bridgehead atoms. The molecule has 1 aliphatic heterocycles. The molecule has 1 unspecified atom stereocenters. The Hall–Kier alpha value is -3.06. The van der Waals surface area contributed by atoms with Gasteiger partial charge in [0, 0.05) is 5.56 Å². The molecule has 1 heterocycles. The van der Waals surface area contributed by atoms with Crippen LogP contribution in [0.4, 0.5) is 4.39 Å². The molecule has 26 heavy (non-hydrogen) atoms. The van der Waals surface area contributed by atoms with Crippen LogP contribution in [-0.4, -0.2) is 30.4 Å². The van der Waals surface area contributed by atoms with Crippen LogP contribution in [-0.2, 0) is 4.84 Å². The third-order valence-corrected chi connectivity index (χ3v) is 3.93. The minimum atomic E-state index is -1.07. The highest BCUT2D eigenvalue weighted by Crippen LogP contribution is 2.32. The molecule has 1 aliphatic rings. The fourth-order valence-electron chi connectivity index (χ4n) is 2.56. The fraction of sp³-hybridized carbons (Fsp3) is 0.211. The van der Waals surface area contributed by atoms with Crippen molar-refractivity contribution in [2.75, 3.05) is 13.7 Å². The quantitative estimate of drug-likeness (QED) is 0.825. The van der Waals surface area contributed by atoms with Gasteiger partial charge < -0.3 is 14.6 Å². The summed E-state index contributed by atoms with van der Waals surface area (Å²) in [5.74, 6) is -0.743. The Bertz CT molecular complexity index is 867. The zero-order valence-electron chi connectivity index (χ0n) is 14.3. The van der Waals surface area contributed by atoms with Gasteiger partial charge in [-0.05, 0) is 43.3 Å². The molecule has 136 valence electrons. The molecular weight excluding hydrogens is 341 g/mol. The minimum Gasteiger partial charge on any atom is -0.493 e. The molecule has 0 radical (unpaired) electrons. The summed E-state index contributed by atoms with van der Waals surface area (Å²) in [7, 11) is 1.47. The zero-order valence-corrected chi connectivity index (χ0v) is 14.3. The molecule has 0 aromatic heterocycles. The van der Waals surface area contributed by atoms with Crippen LogP contribution in [0.5, 0.6) is 11.5 Å². The summed E-state index contributed by atoms with van der Waals surface area (Å²) in [5.41, 5.74) is 2.81. The summed E-state index contributed by atoms with van der Waals surface area (Å²) in [5, 5.41) is 9.11. The Kier molecular flexibility index (Phi) is 4.81. The van der Waals surface area contributed by atoms with Gasteiger partial charge in [-0.1, -0.05) is 12.1 Å². The average molecular weight is 359 g/mol. The van der Waals surface area contributed by atoms with Gasteiger partial charge >= 0.3 is 5.97 Å². The van der Waals surface area contributed by atoms with Gasteiger partial charge in [0.1, 0.15) is 18.0 Å². The van der Waals surface area contributed by atoms with Gasteiger partial charge in [0.15, 0.2) is 11.5 Å². The first kappa shape index (κ1) is 17.8. The standard InChI is InChI=1S/C19H18FNO5/c1-19(10-15(21-26-19)13-5-3-4-6-14(13)20)11-25-17-9-12(18(22)23)7-8-16(17)24-2/h3-10,21H,11H2,1-2H3,(H,22,23). The van der Waals surface area contributed by atoms with Gasteiger partial charge in [0.2, 0.25) is 0 Å². The van der Waals surface area contributed by atoms with E-state index in [2.05, 4.69) is 5.48 Å². The fourth-order valence-corrected chi connectivity index (χ4v) is 2.56. The van der Waals surface area contributed by atoms with E-state index in [1.54, 1.807) is 31.2 Å². The van der Waals surface area contributed by atoms with Crippen LogP contribution < -0.4 is 15.0 Å². The first-order valence-corrected chi connectivity index (χ1v) is 7.88. The van der Waals surface area contributed by atoms with Crippen molar-refractivity contribution < 1.29 is 28.6 Å². The Morgan fingerprint density at radius 2 is 2.04 bits per heavy atom. The Morgan fingerprint density at radius 3 is 2.73 bits per heavy atom. The van der Waals surface area contributed by atoms with Crippen LogP contribution in [0.3, 0.4) is 0 Å². The lowest BCUT2D eigenvalue weighted by molar-refractivity contribution is -0.0476.